The molecule has 1 fully saturated rings. The van der Waals surface area contributed by atoms with Crippen molar-refractivity contribution in [3.8, 4) is 17.2 Å². The molecule has 4 aromatic rings. The highest BCUT2D eigenvalue weighted by molar-refractivity contribution is 5.93. The molecular weight excluding hydrogens is 452 g/mol. The van der Waals surface area contributed by atoms with E-state index in [1.165, 1.54) is 6.42 Å². The van der Waals surface area contributed by atoms with E-state index in [4.69, 9.17) is 24.2 Å². The Balaban J connectivity index is 1.47. The smallest absolute Gasteiger partial charge is 0.225 e. The summed E-state index contributed by atoms with van der Waals surface area (Å²) in [7, 11) is 3.34. The number of nitrogens with zero attached hydrogens (tertiary/aromatic N) is 3. The van der Waals surface area contributed by atoms with E-state index in [1.54, 1.807) is 14.2 Å². The third kappa shape index (κ3) is 5.46. The lowest BCUT2D eigenvalue weighted by Crippen LogP contribution is -2.30. The van der Waals surface area contributed by atoms with Crippen LogP contribution in [0.3, 0.4) is 0 Å². The zero-order valence-corrected chi connectivity index (χ0v) is 20.9. The van der Waals surface area contributed by atoms with E-state index in [0.717, 1.165) is 59.5 Å². The largest absolute Gasteiger partial charge is 0.497 e. The Morgan fingerprint density at radius 1 is 0.806 bits per heavy atom. The normalized spacial score (nSPS) is 13.4. The number of rotatable bonds is 9. The van der Waals surface area contributed by atoms with Crippen molar-refractivity contribution in [2.75, 3.05) is 37.5 Å². The van der Waals surface area contributed by atoms with E-state index in [0.29, 0.717) is 30.6 Å². The van der Waals surface area contributed by atoms with Gasteiger partial charge in [-0.05, 0) is 48.6 Å². The number of ether oxygens (including phenoxy) is 3. The molecule has 0 unspecified atom stereocenters. The monoisotopic (exact) mass is 484 g/mol. The van der Waals surface area contributed by atoms with Crippen LogP contribution < -0.4 is 24.4 Å². The Labute approximate surface area is 212 Å². The molecule has 0 bridgehead atoms. The highest BCUT2D eigenvalue weighted by Crippen LogP contribution is 2.37. The Bertz CT molecular complexity index is 1290. The number of aromatic nitrogens is 2. The van der Waals surface area contributed by atoms with Gasteiger partial charge in [0, 0.05) is 31.1 Å². The van der Waals surface area contributed by atoms with Crippen molar-refractivity contribution in [1.29, 1.82) is 0 Å². The summed E-state index contributed by atoms with van der Waals surface area (Å²) >= 11 is 0. The summed E-state index contributed by atoms with van der Waals surface area (Å²) in [5.41, 5.74) is 3.05. The summed E-state index contributed by atoms with van der Waals surface area (Å²) in [4.78, 5) is 12.2. The van der Waals surface area contributed by atoms with Gasteiger partial charge in [-0.15, -0.1) is 0 Å². The van der Waals surface area contributed by atoms with Gasteiger partial charge in [0.1, 0.15) is 18.2 Å². The number of anilines is 2. The molecular formula is C29H32N4O3. The first-order valence-corrected chi connectivity index (χ1v) is 12.4. The summed E-state index contributed by atoms with van der Waals surface area (Å²) in [5.74, 6) is 3.71. The first-order chi connectivity index (χ1) is 17.7. The van der Waals surface area contributed by atoms with Gasteiger partial charge in [0.15, 0.2) is 11.5 Å². The average Bonchev–Trinajstić information content (AvgIpc) is 2.95. The Morgan fingerprint density at radius 3 is 2.31 bits per heavy atom. The zero-order valence-electron chi connectivity index (χ0n) is 20.9. The van der Waals surface area contributed by atoms with E-state index < -0.39 is 0 Å². The molecule has 186 valence electrons. The molecule has 2 heterocycles. The van der Waals surface area contributed by atoms with Crippen molar-refractivity contribution >= 4 is 22.7 Å². The van der Waals surface area contributed by atoms with E-state index in [2.05, 4.69) is 10.2 Å². The lowest BCUT2D eigenvalue weighted by Gasteiger charge is -2.29. The third-order valence-corrected chi connectivity index (χ3v) is 6.46. The summed E-state index contributed by atoms with van der Waals surface area (Å²) in [5, 5.41) is 4.38. The van der Waals surface area contributed by atoms with Gasteiger partial charge in [0.05, 0.1) is 19.7 Å². The molecule has 1 aliphatic rings. The molecule has 3 aromatic carbocycles. The van der Waals surface area contributed by atoms with Crippen LogP contribution in [-0.2, 0) is 13.2 Å². The maximum Gasteiger partial charge on any atom is 0.225 e. The van der Waals surface area contributed by atoms with Crippen molar-refractivity contribution in [3.63, 3.8) is 0 Å². The molecule has 7 nitrogen and oxygen atoms in total. The van der Waals surface area contributed by atoms with Crippen LogP contribution >= 0.6 is 0 Å². The number of hydrogen-bond acceptors (Lipinski definition) is 7. The number of methoxy groups -OCH3 is 2. The molecule has 0 saturated carbocycles. The van der Waals surface area contributed by atoms with Crippen molar-refractivity contribution in [2.24, 2.45) is 0 Å². The van der Waals surface area contributed by atoms with Gasteiger partial charge in [-0.2, -0.15) is 4.98 Å². The first-order valence-electron chi connectivity index (χ1n) is 12.4. The zero-order chi connectivity index (χ0) is 24.7. The van der Waals surface area contributed by atoms with E-state index in [9.17, 15) is 0 Å². The molecule has 0 spiro atoms. The van der Waals surface area contributed by atoms with Gasteiger partial charge in [-0.3, -0.25) is 0 Å². The second-order valence-corrected chi connectivity index (χ2v) is 8.91. The van der Waals surface area contributed by atoms with Crippen LogP contribution in [-0.4, -0.2) is 37.3 Å². The SMILES string of the molecule is COc1ccc(CNc2nc(N3CCCCC3)c3cc(OC)c(OCc4ccccc4)cc3n2)cc1. The fraction of sp³-hybridized carbons (Fsp3) is 0.310. The number of piperidine rings is 1. The van der Waals surface area contributed by atoms with Gasteiger partial charge < -0.3 is 24.4 Å². The highest BCUT2D eigenvalue weighted by atomic mass is 16.5. The molecule has 7 heteroatoms. The summed E-state index contributed by atoms with van der Waals surface area (Å²) in [6.07, 6.45) is 3.58. The molecule has 1 aromatic heterocycles. The predicted molar refractivity (Wildman–Crippen MR) is 143 cm³/mol. The topological polar surface area (TPSA) is 68.7 Å². The number of hydrogen-bond donors (Lipinski definition) is 1. The fourth-order valence-corrected chi connectivity index (χ4v) is 4.48. The second kappa shape index (κ2) is 11.2. The number of nitrogens with one attached hydrogen (secondary N) is 1. The Morgan fingerprint density at radius 2 is 1.58 bits per heavy atom. The molecule has 0 radical (unpaired) electrons. The van der Waals surface area contributed by atoms with Gasteiger partial charge in [-0.1, -0.05) is 42.5 Å². The van der Waals surface area contributed by atoms with Crippen molar-refractivity contribution < 1.29 is 14.2 Å². The summed E-state index contributed by atoms with van der Waals surface area (Å²) < 4.78 is 17.1. The molecule has 1 N–H and O–H groups in total. The predicted octanol–water partition coefficient (Wildman–Crippen LogP) is 5.83. The van der Waals surface area contributed by atoms with Crippen LogP contribution in [0.15, 0.2) is 66.7 Å². The van der Waals surface area contributed by atoms with Crippen LogP contribution in [0.2, 0.25) is 0 Å². The highest BCUT2D eigenvalue weighted by Gasteiger charge is 2.20. The van der Waals surface area contributed by atoms with Crippen molar-refractivity contribution in [2.45, 2.75) is 32.4 Å². The number of benzene rings is 3. The molecule has 5 rings (SSSR count). The van der Waals surface area contributed by atoms with Crippen LogP contribution in [0, 0.1) is 0 Å². The average molecular weight is 485 g/mol. The lowest BCUT2D eigenvalue weighted by atomic mass is 10.1. The quantitative estimate of drug-likeness (QED) is 0.321. The van der Waals surface area contributed by atoms with Crippen LogP contribution in [0.5, 0.6) is 17.2 Å². The Kier molecular flexibility index (Phi) is 7.36. The maximum atomic E-state index is 6.17. The van der Waals surface area contributed by atoms with Crippen LogP contribution in [0.25, 0.3) is 10.9 Å². The van der Waals surface area contributed by atoms with Gasteiger partial charge in [0.2, 0.25) is 5.95 Å². The van der Waals surface area contributed by atoms with E-state index in [1.807, 2.05) is 66.7 Å². The van der Waals surface area contributed by atoms with E-state index >= 15 is 0 Å². The lowest BCUT2D eigenvalue weighted by molar-refractivity contribution is 0.285. The minimum Gasteiger partial charge on any atom is -0.497 e. The Hall–Kier alpha value is -4.00. The molecule has 0 atom stereocenters. The first kappa shape index (κ1) is 23.7. The van der Waals surface area contributed by atoms with Gasteiger partial charge in [-0.25, -0.2) is 4.98 Å². The fourth-order valence-electron chi connectivity index (χ4n) is 4.48. The molecule has 1 saturated heterocycles. The molecule has 0 aliphatic carbocycles. The van der Waals surface area contributed by atoms with Crippen LogP contribution in [0.4, 0.5) is 11.8 Å². The second-order valence-electron chi connectivity index (χ2n) is 8.91. The number of fused-ring (bicyclic) bond motifs is 1. The molecule has 1 aliphatic heterocycles. The minimum absolute atomic E-state index is 0.454. The van der Waals surface area contributed by atoms with E-state index in [-0.39, 0.29) is 0 Å². The van der Waals surface area contributed by atoms with Gasteiger partial charge in [0.25, 0.3) is 0 Å². The maximum absolute atomic E-state index is 6.17. The third-order valence-electron chi connectivity index (χ3n) is 6.46. The molecule has 36 heavy (non-hydrogen) atoms. The van der Waals surface area contributed by atoms with Gasteiger partial charge >= 0.3 is 0 Å². The molecule has 0 amide bonds. The standard InChI is InChI=1S/C29H32N4O3/c1-34-23-13-11-21(12-14-23)19-30-29-31-25-18-27(36-20-22-9-5-3-6-10-22)26(35-2)17-24(25)28(32-29)33-15-7-4-8-16-33/h3,5-6,9-14,17-18H,4,7-8,15-16,19-20H2,1-2H3,(H,30,31,32). The van der Waals surface area contributed by atoms with Crippen molar-refractivity contribution in [1.82, 2.24) is 9.97 Å². The summed E-state index contributed by atoms with van der Waals surface area (Å²) in [6, 6.07) is 22.1. The minimum atomic E-state index is 0.454. The summed E-state index contributed by atoms with van der Waals surface area (Å²) in [6.45, 7) is 3.04. The van der Waals surface area contributed by atoms with Crippen molar-refractivity contribution in [3.05, 3.63) is 77.9 Å². The van der Waals surface area contributed by atoms with Crippen LogP contribution in [0.1, 0.15) is 30.4 Å².